The van der Waals surface area contributed by atoms with E-state index in [0.29, 0.717) is 12.0 Å². The van der Waals surface area contributed by atoms with Gasteiger partial charge in [-0.1, -0.05) is 34.6 Å². The smallest absolute Gasteiger partial charge is 0.00647 e. The van der Waals surface area contributed by atoms with Crippen molar-refractivity contribution >= 4 is 0 Å². The zero-order valence-electron chi connectivity index (χ0n) is 14.9. The van der Waals surface area contributed by atoms with E-state index in [0.717, 1.165) is 47.3 Å². The molecule has 0 amide bonds. The van der Waals surface area contributed by atoms with Gasteiger partial charge in [-0.15, -0.1) is 0 Å². The van der Waals surface area contributed by atoms with Crippen molar-refractivity contribution in [3.05, 3.63) is 0 Å². The quantitative estimate of drug-likeness (QED) is 0.779. The van der Waals surface area contributed by atoms with E-state index in [1.54, 1.807) is 12.8 Å². The van der Waals surface area contributed by atoms with Crippen molar-refractivity contribution in [1.82, 2.24) is 0 Å². The van der Waals surface area contributed by atoms with Crippen LogP contribution in [-0.4, -0.2) is 6.04 Å². The molecule has 1 heteroatoms. The molecule has 0 aromatic carbocycles. The van der Waals surface area contributed by atoms with Gasteiger partial charge in [-0.2, -0.15) is 0 Å². The Kier molecular flexibility index (Phi) is 4.43. The Hall–Kier alpha value is -0.0400. The van der Waals surface area contributed by atoms with Crippen molar-refractivity contribution in [2.45, 2.75) is 72.8 Å². The summed E-state index contributed by atoms with van der Waals surface area (Å²) in [7, 11) is 0. The van der Waals surface area contributed by atoms with Crippen LogP contribution in [0.5, 0.6) is 0 Å². The molecule has 0 saturated heterocycles. The maximum Gasteiger partial charge on any atom is 0.00647 e. The molecule has 3 aliphatic rings. The minimum absolute atomic E-state index is 0.417. The van der Waals surface area contributed by atoms with Crippen LogP contribution in [0, 0.1) is 53.3 Å². The van der Waals surface area contributed by atoms with Crippen molar-refractivity contribution < 1.29 is 0 Å². The average Bonchev–Trinajstić information content (AvgIpc) is 3.02. The Labute approximate surface area is 132 Å². The highest BCUT2D eigenvalue weighted by atomic mass is 14.7. The van der Waals surface area contributed by atoms with Crippen LogP contribution in [0.1, 0.15) is 66.7 Å². The molecule has 3 saturated carbocycles. The first-order valence-corrected chi connectivity index (χ1v) is 9.64. The van der Waals surface area contributed by atoms with Crippen molar-refractivity contribution in [2.24, 2.45) is 59.0 Å². The van der Waals surface area contributed by atoms with Crippen LogP contribution in [0.2, 0.25) is 0 Å². The monoisotopic (exact) mass is 291 g/mol. The molecule has 8 unspecified atom stereocenters. The summed E-state index contributed by atoms with van der Waals surface area (Å²) < 4.78 is 0. The van der Waals surface area contributed by atoms with Gasteiger partial charge in [0, 0.05) is 6.04 Å². The highest BCUT2D eigenvalue weighted by Crippen LogP contribution is 2.62. The molecule has 8 atom stereocenters. The highest BCUT2D eigenvalue weighted by Gasteiger charge is 2.55. The summed E-state index contributed by atoms with van der Waals surface area (Å²) in [5, 5.41) is 0. The summed E-state index contributed by atoms with van der Waals surface area (Å²) in [6.45, 7) is 12.0. The minimum Gasteiger partial charge on any atom is -0.327 e. The van der Waals surface area contributed by atoms with E-state index in [-0.39, 0.29) is 0 Å². The lowest BCUT2D eigenvalue weighted by Crippen LogP contribution is -2.32. The van der Waals surface area contributed by atoms with Crippen molar-refractivity contribution in [3.8, 4) is 0 Å². The zero-order chi connectivity index (χ0) is 15.3. The van der Waals surface area contributed by atoms with Crippen LogP contribution in [0.3, 0.4) is 0 Å². The molecular weight excluding hydrogens is 254 g/mol. The molecule has 0 radical (unpaired) electrons. The van der Waals surface area contributed by atoms with E-state index in [1.165, 1.54) is 19.3 Å². The summed E-state index contributed by atoms with van der Waals surface area (Å²) in [6, 6.07) is 0.417. The summed E-state index contributed by atoms with van der Waals surface area (Å²) in [6.07, 6.45) is 7.41. The van der Waals surface area contributed by atoms with Gasteiger partial charge in [-0.05, 0) is 85.4 Å². The molecule has 1 nitrogen and oxygen atoms in total. The van der Waals surface area contributed by atoms with E-state index < -0.39 is 0 Å². The van der Waals surface area contributed by atoms with E-state index in [1.807, 2.05) is 0 Å². The second kappa shape index (κ2) is 5.87. The van der Waals surface area contributed by atoms with Gasteiger partial charge in [-0.3, -0.25) is 0 Å². The number of rotatable bonds is 4. The molecule has 21 heavy (non-hydrogen) atoms. The normalized spacial score (nSPS) is 47.1. The van der Waals surface area contributed by atoms with Gasteiger partial charge >= 0.3 is 0 Å². The fourth-order valence-corrected chi connectivity index (χ4v) is 6.25. The third-order valence-corrected chi connectivity index (χ3v) is 7.73. The summed E-state index contributed by atoms with van der Waals surface area (Å²) in [4.78, 5) is 0. The minimum atomic E-state index is 0.417. The van der Waals surface area contributed by atoms with Gasteiger partial charge in [0.2, 0.25) is 0 Å². The summed E-state index contributed by atoms with van der Waals surface area (Å²) >= 11 is 0. The second-order valence-corrected chi connectivity index (χ2v) is 9.48. The molecule has 3 fully saturated rings. The Morgan fingerprint density at radius 1 is 0.905 bits per heavy atom. The van der Waals surface area contributed by atoms with Crippen LogP contribution in [0.4, 0.5) is 0 Å². The molecule has 0 aromatic heterocycles. The van der Waals surface area contributed by atoms with Gasteiger partial charge < -0.3 is 5.73 Å². The predicted octanol–water partition coefficient (Wildman–Crippen LogP) is 4.95. The number of hydrogen-bond donors (Lipinski definition) is 1. The molecule has 2 N–H and O–H groups in total. The Morgan fingerprint density at radius 2 is 1.62 bits per heavy atom. The third-order valence-electron chi connectivity index (χ3n) is 7.73. The van der Waals surface area contributed by atoms with Gasteiger partial charge in [0.25, 0.3) is 0 Å². The fourth-order valence-electron chi connectivity index (χ4n) is 6.25. The van der Waals surface area contributed by atoms with Gasteiger partial charge in [0.15, 0.2) is 0 Å². The van der Waals surface area contributed by atoms with E-state index in [4.69, 9.17) is 5.73 Å². The number of hydrogen-bond acceptors (Lipinski definition) is 1. The molecule has 3 aliphatic carbocycles. The molecule has 0 bridgehead atoms. The number of nitrogens with two attached hydrogens (primary N) is 1. The van der Waals surface area contributed by atoms with Crippen LogP contribution < -0.4 is 5.73 Å². The molecule has 0 heterocycles. The first kappa shape index (κ1) is 15.8. The summed E-state index contributed by atoms with van der Waals surface area (Å²) in [5.41, 5.74) is 6.42. The average molecular weight is 292 g/mol. The first-order chi connectivity index (χ1) is 9.88. The lowest BCUT2D eigenvalue weighted by atomic mass is 9.79. The molecule has 0 spiro atoms. The second-order valence-electron chi connectivity index (χ2n) is 9.48. The van der Waals surface area contributed by atoms with Gasteiger partial charge in [-0.25, -0.2) is 0 Å². The molecule has 0 aliphatic heterocycles. The van der Waals surface area contributed by atoms with Gasteiger partial charge in [0.05, 0.1) is 0 Å². The molecule has 3 rings (SSSR count). The lowest BCUT2D eigenvalue weighted by molar-refractivity contribution is 0.235. The topological polar surface area (TPSA) is 26.0 Å². The van der Waals surface area contributed by atoms with Crippen molar-refractivity contribution in [2.75, 3.05) is 0 Å². The first-order valence-electron chi connectivity index (χ1n) is 9.64. The van der Waals surface area contributed by atoms with Gasteiger partial charge in [0.1, 0.15) is 0 Å². The highest BCUT2D eigenvalue weighted by molar-refractivity contribution is 5.04. The van der Waals surface area contributed by atoms with Crippen molar-refractivity contribution in [3.63, 3.8) is 0 Å². The van der Waals surface area contributed by atoms with Crippen LogP contribution in [-0.2, 0) is 0 Å². The Morgan fingerprint density at radius 3 is 2.24 bits per heavy atom. The fraction of sp³-hybridized carbons (Fsp3) is 1.00. The standard InChI is InChI=1S/C20H37N/c1-11(2)14-7-15-9-19-16(10-20(21)12(3)4)13(5)6-18(19)17(15)8-14/h11-20H,6-10,21H2,1-5H3. The Balaban J connectivity index is 1.66. The largest absolute Gasteiger partial charge is 0.327 e. The van der Waals surface area contributed by atoms with Crippen LogP contribution in [0.15, 0.2) is 0 Å². The maximum atomic E-state index is 6.42. The van der Waals surface area contributed by atoms with E-state index in [2.05, 4.69) is 34.6 Å². The molecular formula is C20H37N. The van der Waals surface area contributed by atoms with Crippen LogP contribution >= 0.6 is 0 Å². The Bertz CT molecular complexity index is 361. The third kappa shape index (κ3) is 2.80. The van der Waals surface area contributed by atoms with E-state index in [9.17, 15) is 0 Å². The predicted molar refractivity (Wildman–Crippen MR) is 90.8 cm³/mol. The zero-order valence-corrected chi connectivity index (χ0v) is 14.9. The molecule has 122 valence electrons. The van der Waals surface area contributed by atoms with Crippen LogP contribution in [0.25, 0.3) is 0 Å². The van der Waals surface area contributed by atoms with Crippen molar-refractivity contribution in [1.29, 1.82) is 0 Å². The SMILES string of the molecule is CC(C)C(N)CC1C(C)CC2C3CC(C(C)C)CC3CC12. The maximum absolute atomic E-state index is 6.42. The van der Waals surface area contributed by atoms with E-state index >= 15 is 0 Å². The number of fused-ring (bicyclic) bond motifs is 3. The summed E-state index contributed by atoms with van der Waals surface area (Å²) in [5.74, 6) is 8.63. The molecule has 0 aromatic rings. The lowest BCUT2D eigenvalue weighted by Gasteiger charge is -2.28.